The summed E-state index contributed by atoms with van der Waals surface area (Å²) < 4.78 is 0. The van der Waals surface area contributed by atoms with E-state index >= 15 is 0 Å². The second-order valence-corrected chi connectivity index (χ2v) is 12.6. The Balaban J connectivity index is 1.21. The zero-order valence-corrected chi connectivity index (χ0v) is 20.6. The van der Waals surface area contributed by atoms with Gasteiger partial charge in [-0.1, -0.05) is 55.0 Å². The van der Waals surface area contributed by atoms with Crippen LogP contribution in [0.5, 0.6) is 0 Å². The molecule has 0 bridgehead atoms. The molecule has 0 saturated heterocycles. The summed E-state index contributed by atoms with van der Waals surface area (Å²) in [7, 11) is 0. The van der Waals surface area contributed by atoms with Crippen molar-refractivity contribution in [3.63, 3.8) is 0 Å². The lowest BCUT2D eigenvalue weighted by molar-refractivity contribution is 0.0247. The first-order valence-electron chi connectivity index (χ1n) is 13.9. The number of aromatic nitrogens is 1. The molecule has 2 heteroatoms. The number of aliphatic hydroxyl groups is 1. The van der Waals surface area contributed by atoms with Gasteiger partial charge in [0.15, 0.2) is 0 Å². The Hall–Kier alpha value is -1.93. The van der Waals surface area contributed by atoms with E-state index in [-0.39, 0.29) is 6.10 Å². The van der Waals surface area contributed by atoms with E-state index in [4.69, 9.17) is 0 Å². The Bertz CT molecular complexity index is 1090. The Morgan fingerprint density at radius 3 is 2.71 bits per heavy atom. The highest BCUT2D eigenvalue weighted by molar-refractivity contribution is 5.46. The Morgan fingerprint density at radius 1 is 1.00 bits per heavy atom. The van der Waals surface area contributed by atoms with Crippen molar-refractivity contribution in [3.05, 3.63) is 77.6 Å². The normalized spacial score (nSPS) is 42.7. The minimum Gasteiger partial charge on any atom is -0.393 e. The van der Waals surface area contributed by atoms with Crippen LogP contribution in [-0.4, -0.2) is 16.2 Å². The highest BCUT2D eigenvalue weighted by Crippen LogP contribution is 2.90. The van der Waals surface area contributed by atoms with E-state index in [0.717, 1.165) is 37.0 Å². The molecule has 1 heterocycles. The standard InChI is InChI=1S/C32H39NO/c1-30-16-15-29-31-18-14-25(34)20-24(31)13-17-32(29,31)28(30)12-11-27(30)26(23-7-3-2-4-8-23)10-9-22-6-5-19-33-21-22/h2-8,13,19,21,25-29,34H,9-12,14-18,20H2,1H3. The second-order valence-electron chi connectivity index (χ2n) is 12.6. The van der Waals surface area contributed by atoms with Crippen molar-refractivity contribution in [1.29, 1.82) is 0 Å². The summed E-state index contributed by atoms with van der Waals surface area (Å²) in [6, 6.07) is 15.8. The number of allylic oxidation sites excluding steroid dienone is 1. The molecule has 4 fully saturated rings. The van der Waals surface area contributed by atoms with E-state index in [1.165, 1.54) is 50.5 Å². The number of hydrogen-bond acceptors (Lipinski definition) is 2. The van der Waals surface area contributed by atoms with E-state index in [1.54, 1.807) is 11.1 Å². The van der Waals surface area contributed by atoms with Gasteiger partial charge in [0.2, 0.25) is 0 Å². The van der Waals surface area contributed by atoms with E-state index < -0.39 is 0 Å². The van der Waals surface area contributed by atoms with Gasteiger partial charge < -0.3 is 5.11 Å². The highest BCUT2D eigenvalue weighted by Gasteiger charge is 2.84. The second kappa shape index (κ2) is 7.53. The van der Waals surface area contributed by atoms with Gasteiger partial charge in [0.05, 0.1) is 6.10 Å². The van der Waals surface area contributed by atoms with Crippen LogP contribution in [-0.2, 0) is 6.42 Å². The van der Waals surface area contributed by atoms with Crippen LogP contribution in [0.25, 0.3) is 0 Å². The van der Waals surface area contributed by atoms with Crippen molar-refractivity contribution in [3.8, 4) is 0 Å². The molecule has 2 aromatic rings. The Kier molecular flexibility index (Phi) is 4.73. The maximum atomic E-state index is 10.4. The molecule has 2 nitrogen and oxygen atoms in total. The van der Waals surface area contributed by atoms with Crippen molar-refractivity contribution < 1.29 is 5.11 Å². The van der Waals surface area contributed by atoms with Crippen LogP contribution < -0.4 is 0 Å². The average Bonchev–Trinajstić information content (AvgIpc) is 3.07. The number of benzene rings is 1. The first-order valence-corrected chi connectivity index (χ1v) is 13.9. The van der Waals surface area contributed by atoms with Gasteiger partial charge in [0, 0.05) is 17.8 Å². The molecule has 1 aromatic carbocycles. The molecule has 4 saturated carbocycles. The molecule has 0 radical (unpaired) electrons. The van der Waals surface area contributed by atoms with Crippen molar-refractivity contribution in [2.45, 2.75) is 83.2 Å². The maximum Gasteiger partial charge on any atom is 0.0577 e. The lowest BCUT2D eigenvalue weighted by Crippen LogP contribution is -2.40. The molecule has 8 unspecified atom stereocenters. The summed E-state index contributed by atoms with van der Waals surface area (Å²) in [5.74, 6) is 3.16. The summed E-state index contributed by atoms with van der Waals surface area (Å²) in [6.45, 7) is 2.70. The van der Waals surface area contributed by atoms with E-state index in [1.807, 2.05) is 6.20 Å². The van der Waals surface area contributed by atoms with Gasteiger partial charge >= 0.3 is 0 Å². The van der Waals surface area contributed by atoms with Gasteiger partial charge in [0.1, 0.15) is 0 Å². The molecule has 178 valence electrons. The molecule has 0 amide bonds. The largest absolute Gasteiger partial charge is 0.393 e. The molecule has 1 N–H and O–H groups in total. The molecule has 5 aliphatic rings. The predicted molar refractivity (Wildman–Crippen MR) is 136 cm³/mol. The van der Waals surface area contributed by atoms with E-state index in [2.05, 4.69) is 66.6 Å². The van der Waals surface area contributed by atoms with Gasteiger partial charge in [-0.15, -0.1) is 0 Å². The van der Waals surface area contributed by atoms with Crippen LogP contribution in [0.2, 0.25) is 0 Å². The lowest BCUT2D eigenvalue weighted by atomic mass is 9.57. The lowest BCUT2D eigenvalue weighted by Gasteiger charge is -2.47. The van der Waals surface area contributed by atoms with Gasteiger partial charge in [-0.3, -0.25) is 4.98 Å². The van der Waals surface area contributed by atoms with Gasteiger partial charge in [-0.05, 0) is 116 Å². The zero-order chi connectivity index (χ0) is 23.0. The van der Waals surface area contributed by atoms with Crippen molar-refractivity contribution >= 4 is 0 Å². The van der Waals surface area contributed by atoms with E-state index in [0.29, 0.717) is 22.2 Å². The topological polar surface area (TPSA) is 33.1 Å². The third kappa shape index (κ3) is 2.70. The summed E-state index contributed by atoms with van der Waals surface area (Å²) in [5, 5.41) is 10.4. The number of nitrogens with zero attached hydrogens (tertiary/aromatic N) is 1. The number of aliphatic hydroxyl groups excluding tert-OH is 1. The fourth-order valence-corrected chi connectivity index (χ4v) is 10.6. The quantitative estimate of drug-likeness (QED) is 0.490. The van der Waals surface area contributed by atoms with Crippen LogP contribution >= 0.6 is 0 Å². The molecular formula is C32H39NO. The van der Waals surface area contributed by atoms with Crippen molar-refractivity contribution in [1.82, 2.24) is 4.98 Å². The summed E-state index contributed by atoms with van der Waals surface area (Å²) in [6.07, 6.45) is 19.0. The SMILES string of the molecule is CC12CCC3C45CCC(O)CC4=CCC35C1CCC2C(CCc1cccnc1)c1ccccc1. The van der Waals surface area contributed by atoms with Crippen LogP contribution in [0.4, 0.5) is 0 Å². The summed E-state index contributed by atoms with van der Waals surface area (Å²) in [4.78, 5) is 4.38. The van der Waals surface area contributed by atoms with Gasteiger partial charge in [0.25, 0.3) is 0 Å². The van der Waals surface area contributed by atoms with Crippen LogP contribution in [0, 0.1) is 34.0 Å². The fraction of sp³-hybridized carbons (Fsp3) is 0.594. The molecule has 34 heavy (non-hydrogen) atoms. The number of pyridine rings is 1. The van der Waals surface area contributed by atoms with Crippen LogP contribution in [0.3, 0.4) is 0 Å². The molecule has 2 spiro atoms. The highest BCUT2D eigenvalue weighted by atomic mass is 16.3. The maximum absolute atomic E-state index is 10.4. The van der Waals surface area contributed by atoms with Crippen molar-refractivity contribution in [2.24, 2.45) is 34.0 Å². The number of aryl methyl sites for hydroxylation is 1. The summed E-state index contributed by atoms with van der Waals surface area (Å²) in [5.41, 5.74) is 6.04. The molecule has 0 aliphatic heterocycles. The van der Waals surface area contributed by atoms with Crippen LogP contribution in [0.1, 0.15) is 81.8 Å². The van der Waals surface area contributed by atoms with Gasteiger partial charge in [-0.25, -0.2) is 0 Å². The fourth-order valence-electron chi connectivity index (χ4n) is 10.6. The Labute approximate surface area is 204 Å². The number of hydrogen-bond donors (Lipinski definition) is 1. The minimum absolute atomic E-state index is 0.0904. The van der Waals surface area contributed by atoms with Crippen molar-refractivity contribution in [2.75, 3.05) is 0 Å². The molecule has 7 rings (SSSR count). The third-order valence-corrected chi connectivity index (χ3v) is 11.7. The average molecular weight is 454 g/mol. The monoisotopic (exact) mass is 453 g/mol. The first-order chi connectivity index (χ1) is 16.6. The minimum atomic E-state index is -0.0904. The molecule has 5 aliphatic carbocycles. The smallest absolute Gasteiger partial charge is 0.0577 e. The Morgan fingerprint density at radius 2 is 1.88 bits per heavy atom. The third-order valence-electron chi connectivity index (χ3n) is 11.7. The first kappa shape index (κ1) is 21.4. The molecular weight excluding hydrogens is 414 g/mol. The van der Waals surface area contributed by atoms with Crippen LogP contribution in [0.15, 0.2) is 66.5 Å². The molecule has 1 aromatic heterocycles. The van der Waals surface area contributed by atoms with E-state index in [9.17, 15) is 5.11 Å². The van der Waals surface area contributed by atoms with Gasteiger partial charge in [-0.2, -0.15) is 0 Å². The zero-order valence-electron chi connectivity index (χ0n) is 20.6. The molecule has 8 atom stereocenters. The summed E-state index contributed by atoms with van der Waals surface area (Å²) >= 11 is 0. The number of fused-ring (bicyclic) bond motifs is 1. The number of rotatable bonds is 5. The predicted octanol–water partition coefficient (Wildman–Crippen LogP) is 7.10.